The van der Waals surface area contributed by atoms with Gasteiger partial charge in [0.2, 0.25) is 0 Å². The molecular formula is C11H27N. The topological polar surface area (TPSA) is 12.0 Å². The van der Waals surface area contributed by atoms with E-state index in [1.54, 1.807) is 0 Å². The smallest absolute Gasteiger partial charge is 0.00648 e. The Bertz CT molecular complexity index is 63.4. The summed E-state index contributed by atoms with van der Waals surface area (Å²) in [6.07, 6.45) is 2.61. The minimum Gasteiger partial charge on any atom is -0.314 e. The lowest BCUT2D eigenvalue weighted by molar-refractivity contribution is 0.519. The van der Waals surface area contributed by atoms with Crippen molar-refractivity contribution in [2.24, 2.45) is 5.92 Å². The van der Waals surface area contributed by atoms with Gasteiger partial charge in [-0.2, -0.15) is 0 Å². The van der Waals surface area contributed by atoms with Gasteiger partial charge in [-0.3, -0.25) is 0 Å². The zero-order valence-electron chi connectivity index (χ0n) is 9.78. The molecule has 1 aliphatic heterocycles. The molecule has 0 amide bonds. The number of rotatable bonds is 0. The standard InChI is InChI=1S/C6H13N.C3H8.C2H6/c1-5-3-4-7-6(5)2;1-3-2;1-2/h5-7H,3-4H2,1-2H3;3H2,1-2H3;1-2H3. The molecule has 1 heteroatoms. The molecule has 1 aliphatic rings. The molecule has 0 saturated carbocycles. The average Bonchev–Trinajstić information content (AvgIpc) is 2.42. The molecule has 1 nitrogen and oxygen atoms in total. The van der Waals surface area contributed by atoms with Crippen molar-refractivity contribution in [1.82, 2.24) is 5.32 Å². The highest BCUT2D eigenvalue weighted by molar-refractivity contribution is 4.75. The molecule has 0 aromatic heterocycles. The molecule has 0 bridgehead atoms. The molecule has 1 fully saturated rings. The number of hydrogen-bond acceptors (Lipinski definition) is 1. The van der Waals surface area contributed by atoms with Crippen LogP contribution in [0.1, 0.15) is 54.4 Å². The van der Waals surface area contributed by atoms with E-state index >= 15 is 0 Å². The molecule has 1 heterocycles. The van der Waals surface area contributed by atoms with Crippen molar-refractivity contribution in [3.05, 3.63) is 0 Å². The van der Waals surface area contributed by atoms with Gasteiger partial charge in [0, 0.05) is 6.04 Å². The summed E-state index contributed by atoms with van der Waals surface area (Å²) in [6, 6.07) is 0.764. The molecular weight excluding hydrogens is 146 g/mol. The molecule has 0 aromatic rings. The van der Waals surface area contributed by atoms with Gasteiger partial charge in [0.15, 0.2) is 0 Å². The van der Waals surface area contributed by atoms with Crippen LogP contribution >= 0.6 is 0 Å². The van der Waals surface area contributed by atoms with E-state index in [0.717, 1.165) is 12.0 Å². The Morgan fingerprint density at radius 1 is 1.17 bits per heavy atom. The van der Waals surface area contributed by atoms with Gasteiger partial charge in [-0.1, -0.05) is 41.0 Å². The molecule has 0 aliphatic carbocycles. The van der Waals surface area contributed by atoms with E-state index in [4.69, 9.17) is 0 Å². The first kappa shape index (κ1) is 14.5. The SMILES string of the molecule is CC.CC1CCNC1C.CCC. The van der Waals surface area contributed by atoms with Crippen molar-refractivity contribution in [2.45, 2.75) is 60.4 Å². The third kappa shape index (κ3) is 8.06. The average molecular weight is 173 g/mol. The van der Waals surface area contributed by atoms with E-state index in [9.17, 15) is 0 Å². The second-order valence-electron chi connectivity index (χ2n) is 3.22. The Morgan fingerprint density at radius 2 is 1.58 bits per heavy atom. The van der Waals surface area contributed by atoms with Crippen LogP contribution in [0.5, 0.6) is 0 Å². The van der Waals surface area contributed by atoms with E-state index in [1.807, 2.05) is 13.8 Å². The Kier molecular flexibility index (Phi) is 13.2. The van der Waals surface area contributed by atoms with Crippen LogP contribution < -0.4 is 5.32 Å². The van der Waals surface area contributed by atoms with E-state index < -0.39 is 0 Å². The molecule has 0 radical (unpaired) electrons. The lowest BCUT2D eigenvalue weighted by Gasteiger charge is -2.05. The minimum absolute atomic E-state index is 0.764. The van der Waals surface area contributed by atoms with Gasteiger partial charge in [0.1, 0.15) is 0 Å². The van der Waals surface area contributed by atoms with E-state index in [1.165, 1.54) is 19.4 Å². The lowest BCUT2D eigenvalue weighted by Crippen LogP contribution is -2.20. The van der Waals surface area contributed by atoms with E-state index in [2.05, 4.69) is 33.0 Å². The van der Waals surface area contributed by atoms with Crippen LogP contribution in [0.15, 0.2) is 0 Å². The first-order valence-electron chi connectivity index (χ1n) is 5.45. The highest BCUT2D eigenvalue weighted by Crippen LogP contribution is 2.12. The maximum atomic E-state index is 3.37. The second kappa shape index (κ2) is 11.0. The first-order valence-corrected chi connectivity index (χ1v) is 5.45. The Hall–Kier alpha value is -0.0400. The summed E-state index contributed by atoms with van der Waals surface area (Å²) in [5, 5.41) is 3.37. The van der Waals surface area contributed by atoms with Crippen LogP contribution in [0.3, 0.4) is 0 Å². The fourth-order valence-electron chi connectivity index (χ4n) is 0.990. The van der Waals surface area contributed by atoms with Crippen molar-refractivity contribution in [1.29, 1.82) is 0 Å². The van der Waals surface area contributed by atoms with Gasteiger partial charge in [-0.05, 0) is 25.8 Å². The van der Waals surface area contributed by atoms with E-state index in [-0.39, 0.29) is 0 Å². The van der Waals surface area contributed by atoms with Crippen molar-refractivity contribution in [3.63, 3.8) is 0 Å². The van der Waals surface area contributed by atoms with Crippen molar-refractivity contribution in [2.75, 3.05) is 6.54 Å². The van der Waals surface area contributed by atoms with Crippen LogP contribution in [0.2, 0.25) is 0 Å². The minimum atomic E-state index is 0.764. The molecule has 1 rings (SSSR count). The lowest BCUT2D eigenvalue weighted by atomic mass is 10.1. The summed E-state index contributed by atoms with van der Waals surface area (Å²) < 4.78 is 0. The zero-order valence-corrected chi connectivity index (χ0v) is 9.78. The predicted molar refractivity (Wildman–Crippen MR) is 58.6 cm³/mol. The number of hydrogen-bond donors (Lipinski definition) is 1. The molecule has 1 saturated heterocycles. The van der Waals surface area contributed by atoms with Gasteiger partial charge < -0.3 is 5.32 Å². The predicted octanol–water partition coefficient (Wildman–Crippen LogP) is 3.45. The monoisotopic (exact) mass is 173 g/mol. The molecule has 0 aromatic carbocycles. The maximum Gasteiger partial charge on any atom is 0.00648 e. The van der Waals surface area contributed by atoms with Gasteiger partial charge in [-0.25, -0.2) is 0 Å². The molecule has 76 valence electrons. The fourth-order valence-corrected chi connectivity index (χ4v) is 0.990. The van der Waals surface area contributed by atoms with Gasteiger partial charge >= 0.3 is 0 Å². The van der Waals surface area contributed by atoms with Gasteiger partial charge in [0.25, 0.3) is 0 Å². The van der Waals surface area contributed by atoms with Crippen molar-refractivity contribution < 1.29 is 0 Å². The third-order valence-corrected chi connectivity index (χ3v) is 1.92. The van der Waals surface area contributed by atoms with Crippen LogP contribution in [0, 0.1) is 5.92 Å². The molecule has 12 heavy (non-hydrogen) atoms. The summed E-state index contributed by atoms with van der Waals surface area (Å²) in [5.41, 5.74) is 0. The summed E-state index contributed by atoms with van der Waals surface area (Å²) in [4.78, 5) is 0. The largest absolute Gasteiger partial charge is 0.314 e. The van der Waals surface area contributed by atoms with E-state index in [0.29, 0.717) is 0 Å². The highest BCUT2D eigenvalue weighted by Gasteiger charge is 2.16. The quantitative estimate of drug-likeness (QED) is 0.591. The molecule has 2 unspecified atom stereocenters. The van der Waals surface area contributed by atoms with Crippen LogP contribution in [0.25, 0.3) is 0 Å². The summed E-state index contributed by atoms with van der Waals surface area (Å²) >= 11 is 0. The number of nitrogens with one attached hydrogen (secondary N) is 1. The Balaban J connectivity index is 0. The first-order chi connectivity index (χ1) is 5.72. The van der Waals surface area contributed by atoms with Crippen LogP contribution in [-0.4, -0.2) is 12.6 Å². The third-order valence-electron chi connectivity index (χ3n) is 1.92. The van der Waals surface area contributed by atoms with Crippen molar-refractivity contribution >= 4 is 0 Å². The molecule has 1 N–H and O–H groups in total. The maximum absolute atomic E-state index is 3.37. The summed E-state index contributed by atoms with van der Waals surface area (Å²) in [5.74, 6) is 0.903. The zero-order chi connectivity index (χ0) is 9.98. The van der Waals surface area contributed by atoms with Gasteiger partial charge in [-0.15, -0.1) is 0 Å². The molecule has 2 atom stereocenters. The summed E-state index contributed by atoms with van der Waals surface area (Å²) in [7, 11) is 0. The van der Waals surface area contributed by atoms with Crippen LogP contribution in [0.4, 0.5) is 0 Å². The highest BCUT2D eigenvalue weighted by atomic mass is 14.9. The Labute approximate surface area is 78.9 Å². The molecule has 0 spiro atoms. The summed E-state index contributed by atoms with van der Waals surface area (Å²) in [6.45, 7) is 14.0. The van der Waals surface area contributed by atoms with Crippen molar-refractivity contribution in [3.8, 4) is 0 Å². The second-order valence-corrected chi connectivity index (χ2v) is 3.22. The van der Waals surface area contributed by atoms with Gasteiger partial charge in [0.05, 0.1) is 0 Å². The normalized spacial score (nSPS) is 26.5. The Morgan fingerprint density at radius 3 is 1.67 bits per heavy atom. The van der Waals surface area contributed by atoms with Crippen LogP contribution in [-0.2, 0) is 0 Å². The fraction of sp³-hybridized carbons (Fsp3) is 1.00.